The van der Waals surface area contributed by atoms with Gasteiger partial charge in [0, 0.05) is 30.5 Å². The van der Waals surface area contributed by atoms with Gasteiger partial charge in [0.25, 0.3) is 5.91 Å². The SMILES string of the molecule is CC1(CNC(=O)c2ccc(Cl)cc2N)CCOCC1. The molecule has 0 bridgehead atoms. The summed E-state index contributed by atoms with van der Waals surface area (Å²) in [6.07, 6.45) is 1.92. The third kappa shape index (κ3) is 3.61. The van der Waals surface area contributed by atoms with Crippen LogP contribution in [0.4, 0.5) is 5.69 Å². The fraction of sp³-hybridized carbons (Fsp3) is 0.500. The number of anilines is 1. The highest BCUT2D eigenvalue weighted by Gasteiger charge is 2.28. The highest BCUT2D eigenvalue weighted by molar-refractivity contribution is 6.31. The maximum Gasteiger partial charge on any atom is 0.253 e. The minimum Gasteiger partial charge on any atom is -0.398 e. The molecule has 19 heavy (non-hydrogen) atoms. The number of ether oxygens (including phenoxy) is 1. The molecule has 0 saturated carbocycles. The van der Waals surface area contributed by atoms with Crippen molar-refractivity contribution < 1.29 is 9.53 Å². The molecule has 0 radical (unpaired) electrons. The van der Waals surface area contributed by atoms with Gasteiger partial charge in [0.05, 0.1) is 5.56 Å². The number of rotatable bonds is 3. The van der Waals surface area contributed by atoms with E-state index in [1.165, 1.54) is 0 Å². The Hall–Kier alpha value is -1.26. The predicted molar refractivity (Wildman–Crippen MR) is 76.4 cm³/mol. The normalized spacial score (nSPS) is 18.0. The van der Waals surface area contributed by atoms with Gasteiger partial charge in [0.2, 0.25) is 0 Å². The summed E-state index contributed by atoms with van der Waals surface area (Å²) in [6, 6.07) is 4.91. The Bertz CT molecular complexity index is 471. The summed E-state index contributed by atoms with van der Waals surface area (Å²) in [4.78, 5) is 12.1. The van der Waals surface area contributed by atoms with Crippen LogP contribution >= 0.6 is 11.6 Å². The molecule has 0 aliphatic carbocycles. The Kier molecular flexibility index (Phi) is 4.32. The Morgan fingerprint density at radius 3 is 2.79 bits per heavy atom. The summed E-state index contributed by atoms with van der Waals surface area (Å²) < 4.78 is 5.34. The zero-order chi connectivity index (χ0) is 13.9. The van der Waals surface area contributed by atoms with Gasteiger partial charge in [0.1, 0.15) is 0 Å². The van der Waals surface area contributed by atoms with Gasteiger partial charge in [-0.05, 0) is 36.5 Å². The second kappa shape index (κ2) is 5.80. The molecule has 1 heterocycles. The summed E-state index contributed by atoms with van der Waals surface area (Å²) >= 11 is 5.82. The maximum atomic E-state index is 12.1. The quantitative estimate of drug-likeness (QED) is 0.837. The number of benzene rings is 1. The van der Waals surface area contributed by atoms with Gasteiger partial charge in [-0.25, -0.2) is 0 Å². The highest BCUT2D eigenvalue weighted by atomic mass is 35.5. The molecule has 104 valence electrons. The average molecular weight is 283 g/mol. The van der Waals surface area contributed by atoms with Gasteiger partial charge in [-0.2, -0.15) is 0 Å². The third-order valence-electron chi connectivity index (χ3n) is 3.63. The molecule has 0 atom stereocenters. The van der Waals surface area contributed by atoms with E-state index in [4.69, 9.17) is 22.1 Å². The average Bonchev–Trinajstić information content (AvgIpc) is 2.37. The summed E-state index contributed by atoms with van der Waals surface area (Å²) in [5.41, 5.74) is 6.78. The van der Waals surface area contributed by atoms with Crippen molar-refractivity contribution in [2.24, 2.45) is 5.41 Å². The molecule has 1 aromatic carbocycles. The van der Waals surface area contributed by atoms with Gasteiger partial charge in [-0.1, -0.05) is 18.5 Å². The maximum absolute atomic E-state index is 12.1. The molecule has 3 N–H and O–H groups in total. The number of nitrogens with one attached hydrogen (secondary N) is 1. The van der Waals surface area contributed by atoms with Crippen LogP contribution < -0.4 is 11.1 Å². The zero-order valence-electron chi connectivity index (χ0n) is 11.0. The molecule has 1 aromatic rings. The standard InChI is InChI=1S/C14H19ClN2O2/c1-14(4-6-19-7-5-14)9-17-13(18)11-3-2-10(15)8-12(11)16/h2-3,8H,4-7,9,16H2,1H3,(H,17,18). The van der Waals surface area contributed by atoms with Crippen LogP contribution in [0.25, 0.3) is 0 Å². The lowest BCUT2D eigenvalue weighted by Crippen LogP contribution is -2.39. The molecule has 1 aliphatic heterocycles. The number of nitrogens with two attached hydrogens (primary N) is 1. The number of halogens is 1. The Morgan fingerprint density at radius 2 is 2.16 bits per heavy atom. The number of hydrogen-bond acceptors (Lipinski definition) is 3. The fourth-order valence-corrected chi connectivity index (χ4v) is 2.35. The van der Waals surface area contributed by atoms with E-state index in [1.54, 1.807) is 18.2 Å². The third-order valence-corrected chi connectivity index (χ3v) is 3.87. The number of carbonyl (C=O) groups excluding carboxylic acids is 1. The smallest absolute Gasteiger partial charge is 0.253 e. The number of carbonyl (C=O) groups is 1. The summed E-state index contributed by atoms with van der Waals surface area (Å²) in [7, 11) is 0. The molecule has 0 unspecified atom stereocenters. The lowest BCUT2D eigenvalue weighted by molar-refractivity contribution is 0.0238. The van der Waals surface area contributed by atoms with E-state index in [0.29, 0.717) is 22.8 Å². The summed E-state index contributed by atoms with van der Waals surface area (Å²) in [5, 5.41) is 3.48. The predicted octanol–water partition coefficient (Wildman–Crippen LogP) is 2.47. The first kappa shape index (κ1) is 14.2. The monoisotopic (exact) mass is 282 g/mol. The van der Waals surface area contributed by atoms with Crippen LogP contribution in [0.15, 0.2) is 18.2 Å². The second-order valence-corrected chi connectivity index (χ2v) is 5.77. The zero-order valence-corrected chi connectivity index (χ0v) is 11.8. The molecule has 0 aromatic heterocycles. The van der Waals surface area contributed by atoms with E-state index in [1.807, 2.05) is 0 Å². The lowest BCUT2D eigenvalue weighted by Gasteiger charge is -2.33. The van der Waals surface area contributed by atoms with Crippen molar-refractivity contribution in [1.29, 1.82) is 0 Å². The Labute approximate surface area is 118 Å². The molecule has 4 nitrogen and oxygen atoms in total. The summed E-state index contributed by atoms with van der Waals surface area (Å²) in [6.45, 7) is 4.32. The fourth-order valence-electron chi connectivity index (χ4n) is 2.17. The first-order valence-electron chi connectivity index (χ1n) is 6.41. The van der Waals surface area contributed by atoms with E-state index in [0.717, 1.165) is 26.1 Å². The van der Waals surface area contributed by atoms with Gasteiger partial charge >= 0.3 is 0 Å². The highest BCUT2D eigenvalue weighted by Crippen LogP contribution is 2.29. The first-order chi connectivity index (χ1) is 9.00. The van der Waals surface area contributed by atoms with Crippen molar-refractivity contribution in [3.05, 3.63) is 28.8 Å². The van der Waals surface area contributed by atoms with Gasteiger partial charge < -0.3 is 15.8 Å². The van der Waals surface area contributed by atoms with Crippen molar-refractivity contribution in [2.75, 3.05) is 25.5 Å². The van der Waals surface area contributed by atoms with Crippen LogP contribution in [-0.4, -0.2) is 25.7 Å². The van der Waals surface area contributed by atoms with E-state index in [-0.39, 0.29) is 11.3 Å². The van der Waals surface area contributed by atoms with Crippen LogP contribution in [0.3, 0.4) is 0 Å². The van der Waals surface area contributed by atoms with Crippen LogP contribution in [0.5, 0.6) is 0 Å². The first-order valence-corrected chi connectivity index (χ1v) is 6.79. The van der Waals surface area contributed by atoms with E-state index < -0.39 is 0 Å². The van der Waals surface area contributed by atoms with Crippen LogP contribution in [0.2, 0.25) is 5.02 Å². The van der Waals surface area contributed by atoms with Crippen molar-refractivity contribution in [1.82, 2.24) is 5.32 Å². The molecule has 1 amide bonds. The van der Waals surface area contributed by atoms with E-state index in [9.17, 15) is 4.79 Å². The Balaban J connectivity index is 1.97. The lowest BCUT2D eigenvalue weighted by atomic mass is 9.82. The molecule has 5 heteroatoms. The molecule has 2 rings (SSSR count). The minimum absolute atomic E-state index is 0.106. The van der Waals surface area contributed by atoms with Crippen molar-refractivity contribution in [2.45, 2.75) is 19.8 Å². The van der Waals surface area contributed by atoms with E-state index >= 15 is 0 Å². The number of nitrogen functional groups attached to an aromatic ring is 1. The number of amides is 1. The Morgan fingerprint density at radius 1 is 1.47 bits per heavy atom. The van der Waals surface area contributed by atoms with Crippen molar-refractivity contribution >= 4 is 23.2 Å². The van der Waals surface area contributed by atoms with Gasteiger partial charge in [0.15, 0.2) is 0 Å². The molecule has 0 spiro atoms. The topological polar surface area (TPSA) is 64.4 Å². The van der Waals surface area contributed by atoms with Crippen LogP contribution in [0.1, 0.15) is 30.1 Å². The number of hydrogen-bond donors (Lipinski definition) is 2. The van der Waals surface area contributed by atoms with E-state index in [2.05, 4.69) is 12.2 Å². The van der Waals surface area contributed by atoms with Crippen LogP contribution in [0, 0.1) is 5.41 Å². The molecule has 1 saturated heterocycles. The van der Waals surface area contributed by atoms with Gasteiger partial charge in [-0.15, -0.1) is 0 Å². The molecule has 1 aliphatic rings. The minimum atomic E-state index is -0.151. The summed E-state index contributed by atoms with van der Waals surface area (Å²) in [5.74, 6) is -0.151. The molecular weight excluding hydrogens is 264 g/mol. The molecular formula is C14H19ClN2O2. The van der Waals surface area contributed by atoms with Crippen molar-refractivity contribution in [3.63, 3.8) is 0 Å². The largest absolute Gasteiger partial charge is 0.398 e. The second-order valence-electron chi connectivity index (χ2n) is 5.34. The van der Waals surface area contributed by atoms with Gasteiger partial charge in [-0.3, -0.25) is 4.79 Å². The van der Waals surface area contributed by atoms with Crippen molar-refractivity contribution in [3.8, 4) is 0 Å². The van der Waals surface area contributed by atoms with Crippen LogP contribution in [-0.2, 0) is 4.74 Å². The molecule has 1 fully saturated rings.